The maximum Gasteiger partial charge on any atom is 1.00 e. The molecule has 4 N–H and O–H groups in total. The van der Waals surface area contributed by atoms with E-state index in [0.717, 1.165) is 12.1 Å². The second kappa shape index (κ2) is 10.5. The summed E-state index contributed by atoms with van der Waals surface area (Å²) in [5.41, 5.74) is 10.6. The summed E-state index contributed by atoms with van der Waals surface area (Å²) in [5, 5.41) is 0. The van der Waals surface area contributed by atoms with Crippen LogP contribution in [0.4, 0.5) is 11.4 Å². The Balaban J connectivity index is 0.00000312. The van der Waals surface area contributed by atoms with Gasteiger partial charge in [-0.1, -0.05) is 11.8 Å². The summed E-state index contributed by atoms with van der Waals surface area (Å²) < 4.78 is 67.5. The van der Waals surface area contributed by atoms with Crippen LogP contribution in [0.3, 0.4) is 0 Å². The van der Waals surface area contributed by atoms with Gasteiger partial charge >= 0.3 is 103 Å². The van der Waals surface area contributed by atoms with E-state index in [4.69, 9.17) is 11.5 Å². The van der Waals surface area contributed by atoms with Gasteiger partial charge in [-0.2, -0.15) is 0 Å². The number of nitrogens with two attached hydrogens (primary N) is 2. The van der Waals surface area contributed by atoms with E-state index in [9.17, 15) is 25.9 Å². The molecule has 0 fully saturated rings. The van der Waals surface area contributed by atoms with Gasteiger partial charge in [0.25, 0.3) is 0 Å². The van der Waals surface area contributed by atoms with Crippen LogP contribution in [0.1, 0.15) is 11.1 Å². The SMILES string of the molecule is Nc1ccc(C#Cc2ccc(N)cc2S(=O)(=O)[O-])c(S(=O)(=O)[O-])c1.[K+].[K+]. The fourth-order valence-corrected chi connectivity index (χ4v) is 3.17. The number of hydrogen-bond acceptors (Lipinski definition) is 8. The molecule has 0 unspecified atom stereocenters. The second-order valence-corrected chi connectivity index (χ2v) is 7.37. The Morgan fingerprint density at radius 2 is 1.00 bits per heavy atom. The zero-order valence-corrected chi connectivity index (χ0v) is 21.8. The molecular formula is C14H10K2N2O6S2. The third kappa shape index (κ3) is 7.26. The first-order valence-electron chi connectivity index (χ1n) is 6.21. The van der Waals surface area contributed by atoms with E-state index >= 15 is 0 Å². The smallest absolute Gasteiger partial charge is 0.744 e. The molecule has 0 aliphatic heterocycles. The zero-order valence-electron chi connectivity index (χ0n) is 13.9. The van der Waals surface area contributed by atoms with E-state index < -0.39 is 30.0 Å². The number of anilines is 2. The monoisotopic (exact) mass is 444 g/mol. The Labute approximate surface area is 236 Å². The Morgan fingerprint density at radius 3 is 1.27 bits per heavy atom. The summed E-state index contributed by atoms with van der Waals surface area (Å²) in [6, 6.07) is 6.95. The third-order valence-corrected chi connectivity index (χ3v) is 4.63. The minimum atomic E-state index is -4.84. The van der Waals surface area contributed by atoms with E-state index in [0.29, 0.717) is 0 Å². The van der Waals surface area contributed by atoms with Crippen molar-refractivity contribution in [3.05, 3.63) is 47.5 Å². The van der Waals surface area contributed by atoms with Crippen LogP contribution in [0.15, 0.2) is 46.2 Å². The summed E-state index contributed by atoms with van der Waals surface area (Å²) in [6.45, 7) is 0. The maximum atomic E-state index is 11.2. The molecule has 2 rings (SSSR count). The molecule has 0 heterocycles. The van der Waals surface area contributed by atoms with Crippen LogP contribution < -0.4 is 114 Å². The Hall–Kier alpha value is 0.693. The molecule has 8 nitrogen and oxygen atoms in total. The van der Waals surface area contributed by atoms with Crippen LogP contribution in [0, 0.1) is 11.8 Å². The predicted octanol–water partition coefficient (Wildman–Crippen LogP) is -5.93. The van der Waals surface area contributed by atoms with Gasteiger partial charge in [0.2, 0.25) is 0 Å². The minimum absolute atomic E-state index is 0. The molecule has 0 saturated heterocycles. The number of hydrogen-bond donors (Lipinski definition) is 2. The zero-order chi connectivity index (χ0) is 18.1. The van der Waals surface area contributed by atoms with Crippen molar-refractivity contribution >= 4 is 31.6 Å². The summed E-state index contributed by atoms with van der Waals surface area (Å²) in [7, 11) is -9.68. The van der Waals surface area contributed by atoms with Crippen LogP contribution in [0.5, 0.6) is 0 Å². The molecule has 0 amide bonds. The molecule has 26 heavy (non-hydrogen) atoms. The molecule has 126 valence electrons. The Morgan fingerprint density at radius 1 is 0.692 bits per heavy atom. The summed E-state index contributed by atoms with van der Waals surface area (Å²) >= 11 is 0. The first-order valence-corrected chi connectivity index (χ1v) is 9.03. The van der Waals surface area contributed by atoms with Crippen LogP contribution in [0.25, 0.3) is 0 Å². The van der Waals surface area contributed by atoms with E-state index in [1.165, 1.54) is 24.3 Å². The number of nitrogen functional groups attached to an aromatic ring is 2. The largest absolute Gasteiger partial charge is 1.00 e. The summed E-state index contributed by atoms with van der Waals surface area (Å²) in [4.78, 5) is -1.28. The average Bonchev–Trinajstić information content (AvgIpc) is 2.45. The molecule has 0 spiro atoms. The normalized spacial score (nSPS) is 10.7. The van der Waals surface area contributed by atoms with Gasteiger partial charge in [-0.05, 0) is 36.4 Å². The predicted molar refractivity (Wildman–Crippen MR) is 83.6 cm³/mol. The molecule has 0 bridgehead atoms. The van der Waals surface area contributed by atoms with Crippen LogP contribution in [0.2, 0.25) is 0 Å². The number of benzene rings is 2. The standard InChI is InChI=1S/C14H12N2O6S2.2K/c15-11-5-3-9(13(7-11)23(17,18)19)1-2-10-4-6-12(16)8-14(10)24(20,21)22;;/h3-8H,15-16H2,(H,17,18,19)(H,20,21,22);;/q;2*+1/p-2. The molecule has 0 saturated carbocycles. The fraction of sp³-hybridized carbons (Fsp3) is 0. The van der Waals surface area contributed by atoms with Crippen LogP contribution >= 0.6 is 0 Å². The van der Waals surface area contributed by atoms with E-state index in [2.05, 4.69) is 11.8 Å². The van der Waals surface area contributed by atoms with Gasteiger partial charge in [0.15, 0.2) is 0 Å². The van der Waals surface area contributed by atoms with Gasteiger partial charge in [-0.15, -0.1) is 0 Å². The van der Waals surface area contributed by atoms with E-state index in [1.54, 1.807) is 0 Å². The first-order chi connectivity index (χ1) is 11.0. The van der Waals surface area contributed by atoms with Gasteiger partial charge in [-0.25, -0.2) is 16.8 Å². The van der Waals surface area contributed by atoms with Crippen LogP contribution in [-0.2, 0) is 20.2 Å². The van der Waals surface area contributed by atoms with Gasteiger partial charge in [0.05, 0.1) is 9.79 Å². The maximum absolute atomic E-state index is 11.2. The van der Waals surface area contributed by atoms with Crippen molar-refractivity contribution in [2.24, 2.45) is 0 Å². The molecule has 0 aromatic heterocycles. The fourth-order valence-electron chi connectivity index (χ4n) is 1.83. The molecule has 2 aromatic rings. The summed E-state index contributed by atoms with van der Waals surface area (Å²) in [5.74, 6) is 4.73. The van der Waals surface area contributed by atoms with Gasteiger partial charge < -0.3 is 20.6 Å². The molecule has 2 aromatic carbocycles. The average molecular weight is 445 g/mol. The van der Waals surface area contributed by atoms with Gasteiger partial charge in [-0.3, -0.25) is 0 Å². The molecular weight excluding hydrogens is 434 g/mol. The van der Waals surface area contributed by atoms with Crippen molar-refractivity contribution in [1.29, 1.82) is 0 Å². The third-order valence-electron chi connectivity index (χ3n) is 2.88. The molecule has 0 aliphatic rings. The van der Waals surface area contributed by atoms with Crippen molar-refractivity contribution in [2.45, 2.75) is 9.79 Å². The second-order valence-electron chi connectivity index (χ2n) is 4.67. The molecule has 0 radical (unpaired) electrons. The topological polar surface area (TPSA) is 166 Å². The Bertz CT molecular complexity index is 1000. The minimum Gasteiger partial charge on any atom is -0.744 e. The van der Waals surface area contributed by atoms with Crippen molar-refractivity contribution in [3.8, 4) is 11.8 Å². The molecule has 12 heteroatoms. The Kier molecular flexibility index (Phi) is 10.7. The molecule has 0 atom stereocenters. The quantitative estimate of drug-likeness (QED) is 0.200. The van der Waals surface area contributed by atoms with E-state index in [-0.39, 0.29) is 125 Å². The van der Waals surface area contributed by atoms with E-state index in [1.807, 2.05) is 0 Å². The van der Waals surface area contributed by atoms with Crippen molar-refractivity contribution in [3.63, 3.8) is 0 Å². The van der Waals surface area contributed by atoms with Gasteiger partial charge in [0, 0.05) is 22.5 Å². The summed E-state index contributed by atoms with van der Waals surface area (Å²) in [6.07, 6.45) is 0. The van der Waals surface area contributed by atoms with Gasteiger partial charge in [0.1, 0.15) is 20.2 Å². The molecule has 0 aliphatic carbocycles. The van der Waals surface area contributed by atoms with Crippen molar-refractivity contribution in [1.82, 2.24) is 0 Å². The van der Waals surface area contributed by atoms with Crippen molar-refractivity contribution < 1.29 is 129 Å². The number of rotatable bonds is 2. The first kappa shape index (κ1) is 26.7. The van der Waals surface area contributed by atoms with Crippen molar-refractivity contribution in [2.75, 3.05) is 11.5 Å². The van der Waals surface area contributed by atoms with Crippen LogP contribution in [-0.4, -0.2) is 25.9 Å².